The van der Waals surface area contributed by atoms with Crippen LogP contribution >= 0.6 is 12.2 Å². The molecule has 0 spiro atoms. The Bertz CT molecular complexity index is 806. The smallest absolute Gasteiger partial charge is 0.242 e. The topological polar surface area (TPSA) is 61.4 Å². The Balaban J connectivity index is 2.07. The summed E-state index contributed by atoms with van der Waals surface area (Å²) < 4.78 is 25.5. The minimum Gasteiger partial charge on any atom is -0.356 e. The molecule has 1 atom stereocenters. The van der Waals surface area contributed by atoms with Crippen LogP contribution < -0.4 is 10.6 Å². The Morgan fingerprint density at radius 3 is 2.38 bits per heavy atom. The first-order chi connectivity index (χ1) is 11.3. The van der Waals surface area contributed by atoms with E-state index in [1.807, 2.05) is 37.3 Å². The van der Waals surface area contributed by atoms with Crippen molar-refractivity contribution in [2.75, 3.05) is 19.4 Å². The van der Waals surface area contributed by atoms with Crippen LogP contribution in [0.3, 0.4) is 0 Å². The minimum absolute atomic E-state index is 0.0416. The lowest BCUT2D eigenvalue weighted by Crippen LogP contribution is -2.31. The van der Waals surface area contributed by atoms with E-state index in [1.54, 1.807) is 24.3 Å². The normalized spacial score (nSPS) is 12.7. The summed E-state index contributed by atoms with van der Waals surface area (Å²) in [6.07, 6.45) is 0. The highest BCUT2D eigenvalue weighted by Crippen LogP contribution is 2.18. The fourth-order valence-corrected chi connectivity index (χ4v) is 3.38. The molecule has 5 nitrogen and oxygen atoms in total. The van der Waals surface area contributed by atoms with E-state index in [2.05, 4.69) is 10.6 Å². The first-order valence-electron chi connectivity index (χ1n) is 7.46. The average Bonchev–Trinajstić information content (AvgIpc) is 2.55. The third-order valence-corrected chi connectivity index (χ3v) is 5.55. The zero-order chi connectivity index (χ0) is 17.7. The molecule has 0 radical (unpaired) electrons. The quantitative estimate of drug-likeness (QED) is 0.800. The second-order valence-corrected chi connectivity index (χ2v) is 8.11. The Labute approximate surface area is 148 Å². The Kier molecular flexibility index (Phi) is 5.93. The van der Waals surface area contributed by atoms with Gasteiger partial charge in [0.2, 0.25) is 10.0 Å². The minimum atomic E-state index is -3.47. The number of sulfonamides is 1. The lowest BCUT2D eigenvalue weighted by molar-refractivity contribution is 0.521. The number of thiocarbonyl (C=S) groups is 1. The zero-order valence-electron chi connectivity index (χ0n) is 13.9. The number of nitrogens with zero attached hydrogens (tertiary/aromatic N) is 1. The standard InChI is InChI=1S/C17H21N3O2S2/c1-13(14-8-5-4-6-9-14)18-17(23)19-15-10-7-11-16(12-15)24(21,22)20(2)3/h4-13H,1-3H3,(H2,18,19,23)/t13-/m1/s1. The van der Waals surface area contributed by atoms with Gasteiger partial charge in [-0.1, -0.05) is 36.4 Å². The molecule has 0 heterocycles. The van der Waals surface area contributed by atoms with Crippen LogP contribution in [0.1, 0.15) is 18.5 Å². The lowest BCUT2D eigenvalue weighted by Gasteiger charge is -2.18. The van der Waals surface area contributed by atoms with Gasteiger partial charge in [0.1, 0.15) is 0 Å². The van der Waals surface area contributed by atoms with Crippen LogP contribution in [0.25, 0.3) is 0 Å². The number of nitrogens with one attached hydrogen (secondary N) is 2. The van der Waals surface area contributed by atoms with Crippen molar-refractivity contribution in [3.8, 4) is 0 Å². The molecule has 2 rings (SSSR count). The van der Waals surface area contributed by atoms with Gasteiger partial charge in [-0.25, -0.2) is 12.7 Å². The summed E-state index contributed by atoms with van der Waals surface area (Å²) in [7, 11) is -0.465. The van der Waals surface area contributed by atoms with Gasteiger partial charge in [0, 0.05) is 19.8 Å². The van der Waals surface area contributed by atoms with E-state index in [4.69, 9.17) is 12.2 Å². The van der Waals surface area contributed by atoms with Crippen LogP contribution in [0.2, 0.25) is 0 Å². The van der Waals surface area contributed by atoms with Crippen molar-refractivity contribution in [2.45, 2.75) is 17.9 Å². The van der Waals surface area contributed by atoms with Gasteiger partial charge in [0.15, 0.2) is 5.11 Å². The molecule has 0 bridgehead atoms. The molecule has 0 saturated heterocycles. The predicted octanol–water partition coefficient (Wildman–Crippen LogP) is 2.98. The van der Waals surface area contributed by atoms with Gasteiger partial charge in [-0.2, -0.15) is 0 Å². The molecule has 2 aromatic rings. The summed E-state index contributed by atoms with van der Waals surface area (Å²) in [6, 6.07) is 16.6. The van der Waals surface area contributed by atoms with E-state index >= 15 is 0 Å². The highest BCUT2D eigenvalue weighted by molar-refractivity contribution is 7.89. The fourth-order valence-electron chi connectivity index (χ4n) is 2.13. The molecule has 7 heteroatoms. The van der Waals surface area contributed by atoms with Crippen LogP contribution in [-0.4, -0.2) is 31.9 Å². The van der Waals surface area contributed by atoms with Crippen LogP contribution in [-0.2, 0) is 10.0 Å². The van der Waals surface area contributed by atoms with Crippen molar-refractivity contribution in [1.82, 2.24) is 9.62 Å². The molecule has 0 aliphatic carbocycles. The first kappa shape index (κ1) is 18.4. The number of hydrogen-bond acceptors (Lipinski definition) is 3. The SMILES string of the molecule is C[C@@H](NC(=S)Nc1cccc(S(=O)(=O)N(C)C)c1)c1ccccc1. The number of anilines is 1. The van der Waals surface area contributed by atoms with Gasteiger partial charge >= 0.3 is 0 Å². The zero-order valence-corrected chi connectivity index (χ0v) is 15.5. The van der Waals surface area contributed by atoms with Gasteiger partial charge in [0.25, 0.3) is 0 Å². The molecule has 0 amide bonds. The third-order valence-electron chi connectivity index (χ3n) is 3.52. The van der Waals surface area contributed by atoms with Crippen molar-refractivity contribution in [3.63, 3.8) is 0 Å². The fraction of sp³-hybridized carbons (Fsp3) is 0.235. The average molecular weight is 364 g/mol. The largest absolute Gasteiger partial charge is 0.356 e. The summed E-state index contributed by atoms with van der Waals surface area (Å²) in [5, 5.41) is 6.65. The van der Waals surface area contributed by atoms with Crippen molar-refractivity contribution in [3.05, 3.63) is 60.2 Å². The lowest BCUT2D eigenvalue weighted by atomic mass is 10.1. The second kappa shape index (κ2) is 7.74. The second-order valence-electron chi connectivity index (χ2n) is 5.55. The maximum Gasteiger partial charge on any atom is 0.242 e. The highest BCUT2D eigenvalue weighted by atomic mass is 32.2. The molecule has 0 aliphatic rings. The molecule has 2 N–H and O–H groups in total. The molecule has 0 aliphatic heterocycles. The van der Waals surface area contributed by atoms with Crippen LogP contribution in [0, 0.1) is 0 Å². The molecule has 0 fully saturated rings. The Hall–Kier alpha value is -1.96. The number of hydrogen-bond donors (Lipinski definition) is 2. The van der Waals surface area contributed by atoms with E-state index in [1.165, 1.54) is 18.4 Å². The molecule has 0 saturated carbocycles. The van der Waals surface area contributed by atoms with Gasteiger partial charge in [0.05, 0.1) is 10.9 Å². The molecule has 0 aromatic heterocycles. The van der Waals surface area contributed by atoms with Crippen LogP contribution in [0.15, 0.2) is 59.5 Å². The van der Waals surface area contributed by atoms with E-state index in [9.17, 15) is 8.42 Å². The predicted molar refractivity (Wildman–Crippen MR) is 102 cm³/mol. The summed E-state index contributed by atoms with van der Waals surface area (Å²) in [6.45, 7) is 2.01. The molecular formula is C17H21N3O2S2. The summed E-state index contributed by atoms with van der Waals surface area (Å²) in [5.74, 6) is 0. The maximum absolute atomic E-state index is 12.2. The molecule has 24 heavy (non-hydrogen) atoms. The van der Waals surface area contributed by atoms with E-state index < -0.39 is 10.0 Å². The number of benzene rings is 2. The molecular weight excluding hydrogens is 342 g/mol. The summed E-state index contributed by atoms with van der Waals surface area (Å²) in [4.78, 5) is 0.219. The van der Waals surface area contributed by atoms with E-state index in [-0.39, 0.29) is 10.9 Å². The van der Waals surface area contributed by atoms with Crippen LogP contribution in [0.5, 0.6) is 0 Å². The third kappa shape index (κ3) is 4.53. The molecule has 2 aromatic carbocycles. The Morgan fingerprint density at radius 2 is 1.75 bits per heavy atom. The van der Waals surface area contributed by atoms with Crippen molar-refractivity contribution >= 4 is 33.0 Å². The summed E-state index contributed by atoms with van der Waals surface area (Å²) in [5.41, 5.74) is 1.74. The first-order valence-corrected chi connectivity index (χ1v) is 9.30. The van der Waals surface area contributed by atoms with E-state index in [0.29, 0.717) is 10.8 Å². The van der Waals surface area contributed by atoms with Gasteiger partial charge in [-0.15, -0.1) is 0 Å². The van der Waals surface area contributed by atoms with Gasteiger partial charge in [-0.05, 0) is 42.9 Å². The maximum atomic E-state index is 12.2. The molecule has 128 valence electrons. The van der Waals surface area contributed by atoms with Crippen molar-refractivity contribution in [1.29, 1.82) is 0 Å². The van der Waals surface area contributed by atoms with Gasteiger partial charge < -0.3 is 10.6 Å². The van der Waals surface area contributed by atoms with Crippen LogP contribution in [0.4, 0.5) is 5.69 Å². The summed E-state index contributed by atoms with van der Waals surface area (Å²) >= 11 is 5.32. The van der Waals surface area contributed by atoms with Crippen molar-refractivity contribution in [2.24, 2.45) is 0 Å². The van der Waals surface area contributed by atoms with Crippen molar-refractivity contribution < 1.29 is 8.42 Å². The highest BCUT2D eigenvalue weighted by Gasteiger charge is 2.17. The Morgan fingerprint density at radius 1 is 1.08 bits per heavy atom. The number of rotatable bonds is 5. The van der Waals surface area contributed by atoms with E-state index in [0.717, 1.165) is 5.56 Å². The molecule has 0 unspecified atom stereocenters. The van der Waals surface area contributed by atoms with Gasteiger partial charge in [-0.3, -0.25) is 0 Å². The monoisotopic (exact) mass is 363 g/mol.